The van der Waals surface area contributed by atoms with Gasteiger partial charge in [-0.2, -0.15) is 5.10 Å². The molecule has 3 heterocycles. The largest absolute Gasteiger partial charge is 0.339 e. The maximum atomic E-state index is 13.0. The van der Waals surface area contributed by atoms with Crippen LogP contribution in [0.15, 0.2) is 55.1 Å². The highest BCUT2D eigenvalue weighted by Gasteiger charge is 2.28. The molecule has 1 amide bonds. The Kier molecular flexibility index (Phi) is 4.91. The Morgan fingerprint density at radius 3 is 2.68 bits per heavy atom. The van der Waals surface area contributed by atoms with Crippen LogP contribution in [0.3, 0.4) is 0 Å². The number of hydrogen-bond acceptors (Lipinski definition) is 7. The van der Waals surface area contributed by atoms with Gasteiger partial charge >= 0.3 is 0 Å². The van der Waals surface area contributed by atoms with E-state index in [9.17, 15) is 14.9 Å². The zero-order valence-corrected chi connectivity index (χ0v) is 17.2. The zero-order chi connectivity index (χ0) is 21.4. The number of carbonyl (C=O) groups excluding carboxylic acids is 1. The van der Waals surface area contributed by atoms with Crippen LogP contribution in [0.5, 0.6) is 0 Å². The number of thiazole rings is 1. The fourth-order valence-electron chi connectivity index (χ4n) is 3.91. The summed E-state index contributed by atoms with van der Waals surface area (Å²) in [5.74, 6) is 0.126. The van der Waals surface area contributed by atoms with Crippen LogP contribution in [0.2, 0.25) is 0 Å². The third kappa shape index (κ3) is 3.66. The van der Waals surface area contributed by atoms with Gasteiger partial charge in [0.2, 0.25) is 0 Å². The Balaban J connectivity index is 1.32. The van der Waals surface area contributed by atoms with Crippen LogP contribution in [-0.4, -0.2) is 48.6 Å². The summed E-state index contributed by atoms with van der Waals surface area (Å²) >= 11 is 1.71. The van der Waals surface area contributed by atoms with Crippen LogP contribution in [-0.2, 0) is 0 Å². The van der Waals surface area contributed by atoms with Crippen molar-refractivity contribution in [3.05, 3.63) is 75.8 Å². The lowest BCUT2D eigenvalue weighted by Crippen LogP contribution is -2.37. The number of likely N-dealkylation sites (tertiary alicyclic amines) is 1. The van der Waals surface area contributed by atoms with Gasteiger partial charge in [-0.3, -0.25) is 14.9 Å². The average Bonchev–Trinajstić information content (AvgIpc) is 3.48. The molecule has 156 valence electrons. The molecule has 1 aliphatic heterocycles. The molecule has 2 aromatic heterocycles. The van der Waals surface area contributed by atoms with E-state index in [0.717, 1.165) is 23.4 Å². The van der Waals surface area contributed by atoms with E-state index in [0.29, 0.717) is 24.6 Å². The predicted molar refractivity (Wildman–Crippen MR) is 116 cm³/mol. The van der Waals surface area contributed by atoms with Crippen LogP contribution in [0.1, 0.15) is 34.1 Å². The van der Waals surface area contributed by atoms with Crippen molar-refractivity contribution < 1.29 is 9.72 Å². The quantitative estimate of drug-likeness (QED) is 0.357. The van der Waals surface area contributed by atoms with Crippen LogP contribution >= 0.6 is 11.3 Å². The van der Waals surface area contributed by atoms with Gasteiger partial charge in [-0.25, -0.2) is 14.6 Å². The molecule has 2 aromatic carbocycles. The van der Waals surface area contributed by atoms with Crippen LogP contribution in [0.4, 0.5) is 5.69 Å². The van der Waals surface area contributed by atoms with Crippen molar-refractivity contribution in [3.8, 4) is 5.69 Å². The van der Waals surface area contributed by atoms with Crippen molar-refractivity contribution in [1.82, 2.24) is 24.6 Å². The van der Waals surface area contributed by atoms with Gasteiger partial charge in [0.1, 0.15) is 18.3 Å². The molecule has 1 aliphatic rings. The van der Waals surface area contributed by atoms with Crippen LogP contribution < -0.4 is 0 Å². The second-order valence-corrected chi connectivity index (χ2v) is 8.45. The molecule has 4 aromatic rings. The number of nitro benzene ring substituents is 1. The molecular formula is C21H18N6O3S. The van der Waals surface area contributed by atoms with Gasteiger partial charge in [-0.1, -0.05) is 12.1 Å². The Hall–Kier alpha value is -3.66. The first-order valence-electron chi connectivity index (χ1n) is 9.88. The van der Waals surface area contributed by atoms with E-state index in [1.54, 1.807) is 22.3 Å². The van der Waals surface area contributed by atoms with Crippen molar-refractivity contribution in [2.45, 2.75) is 18.8 Å². The lowest BCUT2D eigenvalue weighted by atomic mass is 9.97. The first kappa shape index (κ1) is 19.3. The van der Waals surface area contributed by atoms with Crippen molar-refractivity contribution in [3.63, 3.8) is 0 Å². The third-order valence-corrected chi connectivity index (χ3v) is 6.73. The second kappa shape index (κ2) is 7.88. The van der Waals surface area contributed by atoms with Gasteiger partial charge in [0.25, 0.3) is 11.6 Å². The summed E-state index contributed by atoms with van der Waals surface area (Å²) in [6.07, 6.45) is 4.34. The van der Waals surface area contributed by atoms with Crippen molar-refractivity contribution in [1.29, 1.82) is 0 Å². The Morgan fingerprint density at radius 1 is 1.16 bits per heavy atom. The molecule has 0 N–H and O–H groups in total. The number of amides is 1. The number of nitrogens with zero attached hydrogens (tertiary/aromatic N) is 6. The fraction of sp³-hybridized carbons (Fsp3) is 0.238. The summed E-state index contributed by atoms with van der Waals surface area (Å²) in [5.41, 5.74) is 1.41. The van der Waals surface area contributed by atoms with Crippen LogP contribution in [0.25, 0.3) is 15.9 Å². The van der Waals surface area contributed by atoms with E-state index < -0.39 is 4.92 Å². The highest BCUT2D eigenvalue weighted by atomic mass is 32.1. The lowest BCUT2D eigenvalue weighted by Gasteiger charge is -2.31. The SMILES string of the molecule is O=C(c1ccc(-n2cncn2)c([N+](=O)[O-])c1)N1CCC(c2nc3ccccc3s2)CC1. The van der Waals surface area contributed by atoms with E-state index >= 15 is 0 Å². The summed E-state index contributed by atoms with van der Waals surface area (Å²) in [7, 11) is 0. The number of para-hydroxylation sites is 1. The molecule has 0 aliphatic carbocycles. The second-order valence-electron chi connectivity index (χ2n) is 7.39. The highest BCUT2D eigenvalue weighted by Crippen LogP contribution is 2.34. The minimum absolute atomic E-state index is 0.180. The summed E-state index contributed by atoms with van der Waals surface area (Å²) in [4.78, 5) is 34.4. The summed E-state index contributed by atoms with van der Waals surface area (Å²) in [5, 5.41) is 16.6. The molecule has 0 atom stereocenters. The van der Waals surface area contributed by atoms with Crippen molar-refractivity contribution in [2.24, 2.45) is 0 Å². The van der Waals surface area contributed by atoms with E-state index in [-0.39, 0.29) is 17.3 Å². The monoisotopic (exact) mass is 434 g/mol. The van der Waals surface area contributed by atoms with E-state index in [2.05, 4.69) is 16.1 Å². The minimum atomic E-state index is -0.507. The van der Waals surface area contributed by atoms with Crippen LogP contribution in [0, 0.1) is 10.1 Å². The summed E-state index contributed by atoms with van der Waals surface area (Å²) in [6.45, 7) is 1.19. The van der Waals surface area contributed by atoms with Crippen molar-refractivity contribution >= 4 is 33.1 Å². The molecule has 0 spiro atoms. The number of aromatic nitrogens is 4. The van der Waals surface area contributed by atoms with Crippen molar-refractivity contribution in [2.75, 3.05) is 13.1 Å². The third-order valence-electron chi connectivity index (χ3n) is 5.53. The molecule has 0 bridgehead atoms. The zero-order valence-electron chi connectivity index (χ0n) is 16.4. The number of fused-ring (bicyclic) bond motifs is 1. The predicted octanol–water partition coefficient (Wildman–Crippen LogP) is 3.81. The average molecular weight is 434 g/mol. The van der Waals surface area contributed by atoms with Gasteiger partial charge in [0.15, 0.2) is 0 Å². The normalized spacial score (nSPS) is 14.8. The Morgan fingerprint density at radius 2 is 1.97 bits per heavy atom. The van der Waals surface area contributed by atoms with Gasteiger partial charge in [-0.15, -0.1) is 11.3 Å². The van der Waals surface area contributed by atoms with E-state index in [1.807, 2.05) is 18.2 Å². The van der Waals surface area contributed by atoms with Gasteiger partial charge < -0.3 is 4.90 Å². The molecule has 0 radical (unpaired) electrons. The Bertz CT molecular complexity index is 1230. The Labute approximate surface area is 181 Å². The van der Waals surface area contributed by atoms with E-state index in [4.69, 9.17) is 4.98 Å². The fourth-order valence-corrected chi connectivity index (χ4v) is 5.04. The lowest BCUT2D eigenvalue weighted by molar-refractivity contribution is -0.384. The molecule has 31 heavy (non-hydrogen) atoms. The number of rotatable bonds is 4. The molecule has 9 nitrogen and oxygen atoms in total. The van der Waals surface area contributed by atoms with E-state index in [1.165, 1.54) is 34.2 Å². The van der Waals surface area contributed by atoms with Gasteiger partial charge in [-0.05, 0) is 37.1 Å². The first-order chi connectivity index (χ1) is 15.1. The number of piperidine rings is 1. The van der Waals surface area contributed by atoms with Gasteiger partial charge in [0, 0.05) is 30.6 Å². The molecule has 10 heteroatoms. The number of hydrogen-bond donors (Lipinski definition) is 0. The molecule has 1 fully saturated rings. The molecule has 0 unspecified atom stereocenters. The topological polar surface area (TPSA) is 107 Å². The number of nitro groups is 1. The molecule has 1 saturated heterocycles. The number of carbonyl (C=O) groups is 1. The van der Waals surface area contributed by atoms with Gasteiger partial charge in [0.05, 0.1) is 20.1 Å². The highest BCUT2D eigenvalue weighted by molar-refractivity contribution is 7.18. The molecule has 0 saturated carbocycles. The summed E-state index contributed by atoms with van der Waals surface area (Å²) < 4.78 is 2.49. The number of benzene rings is 2. The maximum Gasteiger partial charge on any atom is 0.295 e. The summed E-state index contributed by atoms with van der Waals surface area (Å²) in [6, 6.07) is 12.5. The standard InChI is InChI=1S/C21H18N6O3S/c28-21(15-5-6-17(18(11-15)27(29)30)26-13-22-12-23-26)25-9-7-14(8-10-25)20-24-16-3-1-2-4-19(16)31-20/h1-6,11-14H,7-10H2. The minimum Gasteiger partial charge on any atom is -0.339 e. The first-order valence-corrected chi connectivity index (χ1v) is 10.7. The molecular weight excluding hydrogens is 416 g/mol. The smallest absolute Gasteiger partial charge is 0.295 e. The molecule has 5 rings (SSSR count). The maximum absolute atomic E-state index is 13.0.